The summed E-state index contributed by atoms with van der Waals surface area (Å²) in [6.07, 6.45) is 1.53. The smallest absolute Gasteiger partial charge is 0.283 e. The number of furan rings is 1. The molecule has 0 atom stereocenters. The van der Waals surface area contributed by atoms with Gasteiger partial charge in [0.1, 0.15) is 5.75 Å². The third-order valence-corrected chi connectivity index (χ3v) is 3.29. The molecule has 2 aromatic carbocycles. The number of rotatable bonds is 2. The summed E-state index contributed by atoms with van der Waals surface area (Å²) in [4.78, 5) is 0. The summed E-state index contributed by atoms with van der Waals surface area (Å²) in [6.45, 7) is 0. The molecule has 5 nitrogen and oxygen atoms in total. The second-order valence-corrected chi connectivity index (χ2v) is 4.57. The Kier molecular flexibility index (Phi) is 2.50. The molecule has 0 aliphatic heterocycles. The lowest BCUT2D eigenvalue weighted by Gasteiger charge is -2.04. The summed E-state index contributed by atoms with van der Waals surface area (Å²) in [6, 6.07) is 14.7. The minimum absolute atomic E-state index is 0.128. The number of hydrogen-bond donors (Lipinski definition) is 1. The summed E-state index contributed by atoms with van der Waals surface area (Å²) in [5.41, 5.74) is 0.499. The van der Waals surface area contributed by atoms with Crippen LogP contribution >= 0.6 is 0 Å². The minimum Gasteiger partial charge on any atom is -0.506 e. The van der Waals surface area contributed by atoms with Gasteiger partial charge in [0.25, 0.3) is 11.8 Å². The van der Waals surface area contributed by atoms with Gasteiger partial charge >= 0.3 is 0 Å². The molecule has 1 N–H and O–H groups in total. The van der Waals surface area contributed by atoms with E-state index in [2.05, 4.69) is 10.2 Å². The third-order valence-electron chi connectivity index (χ3n) is 3.29. The SMILES string of the molecule is Oc1c(-c2nnc(-c3ccco3)o2)ccc2ccccc12. The van der Waals surface area contributed by atoms with Crippen LogP contribution in [0, 0.1) is 0 Å². The number of fused-ring (bicyclic) bond motifs is 1. The Balaban J connectivity index is 1.85. The highest BCUT2D eigenvalue weighted by molar-refractivity contribution is 5.93. The number of phenols is 1. The van der Waals surface area contributed by atoms with Crippen LogP contribution < -0.4 is 0 Å². The molecule has 0 radical (unpaired) electrons. The van der Waals surface area contributed by atoms with Gasteiger partial charge in [-0.3, -0.25) is 0 Å². The van der Waals surface area contributed by atoms with Gasteiger partial charge in [-0.2, -0.15) is 0 Å². The van der Waals surface area contributed by atoms with E-state index in [-0.39, 0.29) is 17.5 Å². The van der Waals surface area contributed by atoms with Crippen molar-refractivity contribution in [3.63, 3.8) is 0 Å². The quantitative estimate of drug-likeness (QED) is 0.602. The van der Waals surface area contributed by atoms with Crippen molar-refractivity contribution in [2.75, 3.05) is 0 Å². The maximum Gasteiger partial charge on any atom is 0.283 e. The van der Waals surface area contributed by atoms with E-state index in [1.54, 1.807) is 18.2 Å². The standard InChI is InChI=1S/C16H10N2O3/c19-14-11-5-2-1-4-10(11)7-8-12(14)15-17-18-16(21-15)13-6-3-9-20-13/h1-9,19H. The number of hydrogen-bond acceptors (Lipinski definition) is 5. The molecule has 2 heterocycles. The van der Waals surface area contributed by atoms with Crippen molar-refractivity contribution < 1.29 is 13.9 Å². The first-order valence-corrected chi connectivity index (χ1v) is 6.41. The molecule has 0 spiro atoms. The van der Waals surface area contributed by atoms with Gasteiger partial charge in [0, 0.05) is 5.39 Å². The Morgan fingerprint density at radius 2 is 1.71 bits per heavy atom. The number of aromatic nitrogens is 2. The molecule has 2 aromatic heterocycles. The predicted octanol–water partition coefficient (Wildman–Crippen LogP) is 3.86. The molecule has 0 aliphatic rings. The van der Waals surface area contributed by atoms with E-state index in [4.69, 9.17) is 8.83 Å². The van der Waals surface area contributed by atoms with Crippen LogP contribution in [0.15, 0.2) is 63.6 Å². The highest BCUT2D eigenvalue weighted by Crippen LogP contribution is 2.35. The van der Waals surface area contributed by atoms with E-state index in [1.807, 2.05) is 30.3 Å². The van der Waals surface area contributed by atoms with E-state index >= 15 is 0 Å². The average molecular weight is 278 g/mol. The molecule has 21 heavy (non-hydrogen) atoms. The highest BCUT2D eigenvalue weighted by Gasteiger charge is 2.16. The molecule has 0 aliphatic carbocycles. The van der Waals surface area contributed by atoms with Crippen molar-refractivity contribution in [2.45, 2.75) is 0 Å². The van der Waals surface area contributed by atoms with Crippen LogP contribution in [0.1, 0.15) is 0 Å². The number of nitrogens with zero attached hydrogens (tertiary/aromatic N) is 2. The van der Waals surface area contributed by atoms with Crippen molar-refractivity contribution in [2.24, 2.45) is 0 Å². The van der Waals surface area contributed by atoms with Gasteiger partial charge in [-0.15, -0.1) is 10.2 Å². The first-order valence-electron chi connectivity index (χ1n) is 6.41. The summed E-state index contributed by atoms with van der Waals surface area (Å²) in [7, 11) is 0. The van der Waals surface area contributed by atoms with Crippen LogP contribution in [-0.2, 0) is 0 Å². The molecule has 0 saturated heterocycles. The highest BCUT2D eigenvalue weighted by atomic mass is 16.4. The molecule has 4 aromatic rings. The number of benzene rings is 2. The van der Waals surface area contributed by atoms with Crippen molar-refractivity contribution in [3.05, 3.63) is 54.8 Å². The number of aromatic hydroxyl groups is 1. The van der Waals surface area contributed by atoms with Crippen molar-refractivity contribution in [3.8, 4) is 28.9 Å². The van der Waals surface area contributed by atoms with Crippen molar-refractivity contribution in [1.82, 2.24) is 10.2 Å². The Morgan fingerprint density at radius 1 is 0.857 bits per heavy atom. The lowest BCUT2D eigenvalue weighted by Crippen LogP contribution is -1.81. The maximum absolute atomic E-state index is 10.4. The molecule has 5 heteroatoms. The molecule has 4 rings (SSSR count). The van der Waals surface area contributed by atoms with Crippen LogP contribution in [0.25, 0.3) is 33.9 Å². The van der Waals surface area contributed by atoms with Crippen LogP contribution in [-0.4, -0.2) is 15.3 Å². The molecular formula is C16H10N2O3. The van der Waals surface area contributed by atoms with Gasteiger partial charge in [-0.1, -0.05) is 30.3 Å². The first-order chi connectivity index (χ1) is 10.3. The zero-order chi connectivity index (χ0) is 14.2. The van der Waals surface area contributed by atoms with Gasteiger partial charge in [-0.05, 0) is 23.6 Å². The van der Waals surface area contributed by atoms with Crippen LogP contribution in [0.4, 0.5) is 0 Å². The van der Waals surface area contributed by atoms with Gasteiger partial charge < -0.3 is 13.9 Å². The van der Waals surface area contributed by atoms with Crippen LogP contribution in [0.5, 0.6) is 5.75 Å². The van der Waals surface area contributed by atoms with Crippen molar-refractivity contribution in [1.29, 1.82) is 0 Å². The Morgan fingerprint density at radius 3 is 2.57 bits per heavy atom. The van der Waals surface area contributed by atoms with E-state index in [0.717, 1.165) is 10.8 Å². The minimum atomic E-state index is 0.128. The lowest BCUT2D eigenvalue weighted by molar-refractivity contribution is 0.478. The molecule has 0 bridgehead atoms. The van der Waals surface area contributed by atoms with Crippen LogP contribution in [0.2, 0.25) is 0 Å². The normalized spacial score (nSPS) is 11.0. The number of phenolic OH excluding ortho intramolecular Hbond substituents is 1. The Bertz CT molecular complexity index is 910. The second-order valence-electron chi connectivity index (χ2n) is 4.57. The molecular weight excluding hydrogens is 268 g/mol. The summed E-state index contributed by atoms with van der Waals surface area (Å²) in [5.74, 6) is 1.16. The van der Waals surface area contributed by atoms with E-state index in [1.165, 1.54) is 6.26 Å². The monoisotopic (exact) mass is 278 g/mol. The summed E-state index contributed by atoms with van der Waals surface area (Å²) >= 11 is 0. The van der Waals surface area contributed by atoms with Gasteiger partial charge in [0.2, 0.25) is 0 Å². The Labute approximate surface area is 119 Å². The second kappa shape index (κ2) is 4.49. The average Bonchev–Trinajstić information content (AvgIpc) is 3.19. The maximum atomic E-state index is 10.4. The fraction of sp³-hybridized carbons (Fsp3) is 0. The van der Waals surface area contributed by atoms with Gasteiger partial charge in [0.05, 0.1) is 11.8 Å². The molecule has 0 saturated carbocycles. The van der Waals surface area contributed by atoms with Gasteiger partial charge in [-0.25, -0.2) is 0 Å². The fourth-order valence-corrected chi connectivity index (χ4v) is 2.26. The molecule has 0 unspecified atom stereocenters. The summed E-state index contributed by atoms with van der Waals surface area (Å²) < 4.78 is 10.8. The lowest BCUT2D eigenvalue weighted by atomic mass is 10.1. The zero-order valence-corrected chi connectivity index (χ0v) is 10.9. The Hall–Kier alpha value is -3.08. The third kappa shape index (κ3) is 1.87. The van der Waals surface area contributed by atoms with E-state index in [9.17, 15) is 5.11 Å². The van der Waals surface area contributed by atoms with E-state index < -0.39 is 0 Å². The molecule has 102 valence electrons. The van der Waals surface area contributed by atoms with E-state index in [0.29, 0.717) is 11.3 Å². The van der Waals surface area contributed by atoms with Crippen LogP contribution in [0.3, 0.4) is 0 Å². The predicted molar refractivity (Wildman–Crippen MR) is 76.6 cm³/mol. The van der Waals surface area contributed by atoms with Crippen molar-refractivity contribution >= 4 is 10.8 Å². The largest absolute Gasteiger partial charge is 0.506 e. The fourth-order valence-electron chi connectivity index (χ4n) is 2.26. The molecule has 0 fully saturated rings. The van der Waals surface area contributed by atoms with Gasteiger partial charge in [0.15, 0.2) is 5.76 Å². The molecule has 0 amide bonds. The first kappa shape index (κ1) is 11.7. The topological polar surface area (TPSA) is 72.3 Å². The zero-order valence-electron chi connectivity index (χ0n) is 10.9. The summed E-state index contributed by atoms with van der Waals surface area (Å²) in [5, 5.41) is 20.0.